The molecule has 3 aliphatic heterocycles. The second-order valence-electron chi connectivity index (χ2n) is 30.6. The first-order valence-electron chi connectivity index (χ1n) is 44.5. The predicted molar refractivity (Wildman–Crippen MR) is 465 cm³/mol. The van der Waals surface area contributed by atoms with Crippen LogP contribution in [0.3, 0.4) is 0 Å². The quantitative estimate of drug-likeness (QED) is 0.0199. The van der Waals surface area contributed by atoms with Crippen LogP contribution in [-0.4, -0.2) is 193 Å². The first kappa shape index (κ1) is 104. The monoisotopic (exact) mass is 1610 g/mol. The van der Waals surface area contributed by atoms with Gasteiger partial charge in [0.1, 0.15) is 73.2 Å². The fourth-order valence-electron chi connectivity index (χ4n) is 13.6. The summed E-state index contributed by atoms with van der Waals surface area (Å²) in [5.41, 5.74) is 0. The lowest BCUT2D eigenvalue weighted by molar-refractivity contribution is -0.379. The van der Waals surface area contributed by atoms with Crippen LogP contribution in [0.2, 0.25) is 0 Å². The van der Waals surface area contributed by atoms with E-state index in [1.54, 1.807) is 6.08 Å². The Kier molecular flexibility index (Phi) is 65.9. The van der Waals surface area contributed by atoms with Crippen molar-refractivity contribution >= 4 is 5.91 Å². The Balaban J connectivity index is 1.37. The number of rotatable bonds is 69. The molecule has 115 heavy (non-hydrogen) atoms. The Morgan fingerprint density at radius 3 is 0.974 bits per heavy atom. The minimum absolute atomic E-state index is 0.190. The molecule has 19 heteroatoms. The van der Waals surface area contributed by atoms with E-state index in [1.807, 2.05) is 6.08 Å². The maximum atomic E-state index is 13.5. The fourth-order valence-corrected chi connectivity index (χ4v) is 13.6. The molecule has 0 aromatic carbocycles. The van der Waals surface area contributed by atoms with Gasteiger partial charge in [0.15, 0.2) is 18.9 Å². The van der Waals surface area contributed by atoms with Gasteiger partial charge in [0, 0.05) is 6.42 Å². The van der Waals surface area contributed by atoms with Gasteiger partial charge in [-0.2, -0.15) is 0 Å². The third kappa shape index (κ3) is 51.2. The maximum Gasteiger partial charge on any atom is 0.220 e. The number of ether oxygens (including phenoxy) is 6. The van der Waals surface area contributed by atoms with Crippen molar-refractivity contribution in [2.24, 2.45) is 0 Å². The Morgan fingerprint density at radius 2 is 0.609 bits per heavy atom. The van der Waals surface area contributed by atoms with Crippen molar-refractivity contribution in [1.82, 2.24) is 5.32 Å². The number of aliphatic hydroxyl groups excluding tert-OH is 11. The highest BCUT2D eigenvalue weighted by atomic mass is 16.8. The number of nitrogens with one attached hydrogen (secondary N) is 1. The molecule has 1 amide bonds. The van der Waals surface area contributed by atoms with Crippen LogP contribution < -0.4 is 5.32 Å². The summed E-state index contributed by atoms with van der Waals surface area (Å²) in [5.74, 6) is -0.320. The van der Waals surface area contributed by atoms with Gasteiger partial charge in [-0.15, -0.1) is 0 Å². The summed E-state index contributed by atoms with van der Waals surface area (Å²) in [7, 11) is 0. The third-order valence-corrected chi connectivity index (χ3v) is 20.7. The van der Waals surface area contributed by atoms with E-state index >= 15 is 0 Å². The van der Waals surface area contributed by atoms with Crippen molar-refractivity contribution < 1.29 is 89.4 Å². The lowest BCUT2D eigenvalue weighted by Gasteiger charge is -2.48. The third-order valence-electron chi connectivity index (χ3n) is 20.7. The summed E-state index contributed by atoms with van der Waals surface area (Å²) < 4.78 is 34.4. The smallest absolute Gasteiger partial charge is 0.220 e. The number of aliphatic hydroxyl groups is 11. The largest absolute Gasteiger partial charge is 0.394 e. The average Bonchev–Trinajstić information content (AvgIpc) is 0.778. The minimum atomic E-state index is -2.00. The zero-order valence-electron chi connectivity index (χ0n) is 70.4. The molecule has 3 fully saturated rings. The predicted octanol–water partition coefficient (Wildman–Crippen LogP) is 17.1. The summed E-state index contributed by atoms with van der Waals surface area (Å²) in [5, 5.41) is 121. The molecule has 0 aliphatic carbocycles. The van der Waals surface area contributed by atoms with Crippen LogP contribution in [0.4, 0.5) is 0 Å². The van der Waals surface area contributed by atoms with Crippen molar-refractivity contribution in [3.8, 4) is 0 Å². The molecule has 3 saturated heterocycles. The molecule has 17 atom stereocenters. The first-order chi connectivity index (χ1) is 56.3. The van der Waals surface area contributed by atoms with Crippen molar-refractivity contribution in [1.29, 1.82) is 0 Å². The lowest BCUT2D eigenvalue weighted by atomic mass is 9.96. The number of amides is 1. The fraction of sp³-hybridized carbons (Fsp3) is 0.677. The summed E-state index contributed by atoms with van der Waals surface area (Å²) in [6, 6.07) is -1.03. The number of carbonyl (C=O) groups is 1. The van der Waals surface area contributed by atoms with Crippen LogP contribution in [-0.2, 0) is 33.2 Å². The summed E-state index contributed by atoms with van der Waals surface area (Å²) in [4.78, 5) is 13.5. The molecule has 0 saturated carbocycles. The van der Waals surface area contributed by atoms with E-state index in [0.29, 0.717) is 12.8 Å². The van der Waals surface area contributed by atoms with Crippen LogP contribution in [0.25, 0.3) is 0 Å². The molecule has 0 bridgehead atoms. The second kappa shape index (κ2) is 72.9. The summed E-state index contributed by atoms with van der Waals surface area (Å²) >= 11 is 0. The Morgan fingerprint density at radius 1 is 0.322 bits per heavy atom. The normalized spacial score (nSPS) is 25.5. The van der Waals surface area contributed by atoms with E-state index in [1.165, 1.54) is 122 Å². The molecule has 654 valence electrons. The lowest BCUT2D eigenvalue weighted by Crippen LogP contribution is -2.66. The maximum absolute atomic E-state index is 13.5. The minimum Gasteiger partial charge on any atom is -0.394 e. The molecule has 12 N–H and O–H groups in total. The van der Waals surface area contributed by atoms with E-state index < -0.39 is 131 Å². The zero-order valence-corrected chi connectivity index (χ0v) is 70.4. The van der Waals surface area contributed by atoms with Gasteiger partial charge in [-0.1, -0.05) is 325 Å². The molecule has 3 aliphatic rings. The number of unbranched alkanes of at least 4 members (excludes halogenated alkanes) is 25. The molecule has 17 unspecified atom stereocenters. The van der Waals surface area contributed by atoms with Gasteiger partial charge in [-0.3, -0.25) is 4.79 Å². The molecule has 0 aromatic heterocycles. The van der Waals surface area contributed by atoms with Crippen LogP contribution >= 0.6 is 0 Å². The van der Waals surface area contributed by atoms with Crippen molar-refractivity contribution in [3.63, 3.8) is 0 Å². The van der Waals surface area contributed by atoms with Crippen LogP contribution in [0.5, 0.6) is 0 Å². The van der Waals surface area contributed by atoms with Crippen molar-refractivity contribution in [3.05, 3.63) is 182 Å². The molecule has 0 radical (unpaired) electrons. The summed E-state index contributed by atoms with van der Waals surface area (Å²) in [6.45, 7) is 1.58. The SMILES string of the molecule is CC/C=C\C/C=C\C/C=C\C/C=C\C/C=C\C/C=C\C/C=C\C/C=C\C/C=C\C/C=C\C/C=C\C/C=C\CCCCCCC(=O)NC(COC1OC(CO)C(OC2OC(CO)C(OC3OC(CO)C(O)C(O)C3O)C(O)C2O)C(O)C1O)C(O)/C=C/CC/C=C/CC/C=C/CCCCCCCCCCCCCCCCCCCCC. The molecule has 3 rings (SSSR count). The zero-order chi connectivity index (χ0) is 83.1. The molecule has 19 nitrogen and oxygen atoms in total. The Hall–Kier alpha value is -5.11. The topological polar surface area (TPSA) is 307 Å². The highest BCUT2D eigenvalue weighted by Gasteiger charge is 2.54. The van der Waals surface area contributed by atoms with E-state index in [4.69, 9.17) is 28.4 Å². The van der Waals surface area contributed by atoms with Gasteiger partial charge in [-0.25, -0.2) is 0 Å². The highest BCUT2D eigenvalue weighted by molar-refractivity contribution is 5.76. The second-order valence-corrected chi connectivity index (χ2v) is 30.6. The van der Waals surface area contributed by atoms with Crippen molar-refractivity contribution in [2.75, 3.05) is 26.4 Å². The van der Waals surface area contributed by atoms with Gasteiger partial charge in [0.05, 0.1) is 38.6 Å². The van der Waals surface area contributed by atoms with Crippen LogP contribution in [0, 0.1) is 0 Å². The van der Waals surface area contributed by atoms with Gasteiger partial charge >= 0.3 is 0 Å². The number of carbonyl (C=O) groups excluding carboxylic acids is 1. The van der Waals surface area contributed by atoms with Gasteiger partial charge < -0.3 is 89.9 Å². The Labute approximate surface area is 693 Å². The number of hydrogen-bond acceptors (Lipinski definition) is 18. The molecule has 0 aromatic rings. The Bertz CT molecular complexity index is 2800. The molecule has 0 spiro atoms. The average molecular weight is 1610 g/mol. The van der Waals surface area contributed by atoms with E-state index in [-0.39, 0.29) is 12.3 Å². The van der Waals surface area contributed by atoms with Crippen LogP contribution in [0.1, 0.15) is 284 Å². The van der Waals surface area contributed by atoms with E-state index in [0.717, 1.165) is 128 Å². The first-order valence-corrected chi connectivity index (χ1v) is 44.5. The summed E-state index contributed by atoms with van der Waals surface area (Å²) in [6.07, 6.45) is 84.6. The molecule has 3 heterocycles. The van der Waals surface area contributed by atoms with Crippen molar-refractivity contribution in [2.45, 2.75) is 388 Å². The van der Waals surface area contributed by atoms with E-state index in [2.05, 4.69) is 189 Å². The highest BCUT2D eigenvalue weighted by Crippen LogP contribution is 2.33. The number of hydrogen-bond donors (Lipinski definition) is 12. The molecular weight excluding hydrogens is 1460 g/mol. The van der Waals surface area contributed by atoms with Crippen LogP contribution in [0.15, 0.2) is 182 Å². The number of allylic oxidation sites excluding steroid dienone is 29. The standard InChI is InChI=1S/C96H157NO18/c1-3-5-7-9-11-13-15-17-19-21-23-25-27-29-31-33-34-35-36-37-38-39-40-41-42-43-44-46-48-50-52-54-56-58-60-62-64-66-68-70-72-74-84(102)97-79(80(101)73-71-69-67-65-63-61-59-57-55-53-51-49-47-45-32-30-28-26-24-22-20-18-16-14-12-10-8-6-4-2)78-110-94-90(108)87(105)92(82(76-99)112-94)115-96-91(109)88(106)93(83(77-100)113-96)114-95-89(107)86(104)85(103)81(75-98)111-95/h5,7,11,13,17,19,23,25,29,31,34-35,37-38,40-41,43-44,48,50,54-57,60,62-63,65,71,73,79-83,85-96,98-101,103-109H,3-4,6,8-10,12,14-16,18,20-22,24,26-28,30,32-33,36,39,42,45-47,49,51-53,58-59,61,64,66-70,72,74-78H2,1-2H3,(H,97,102)/b7-5-,13-11-,19-17-,25-23-,31-29-,35-34-,38-37-,41-40-,44-43-,50-48-,56-54-,57-55+,62-60-,65-63+,73-71+. The van der Waals surface area contributed by atoms with Gasteiger partial charge in [0.2, 0.25) is 5.91 Å². The van der Waals surface area contributed by atoms with Gasteiger partial charge in [-0.05, 0) is 135 Å². The van der Waals surface area contributed by atoms with Gasteiger partial charge in [0.25, 0.3) is 0 Å². The molecular formula is C96H157NO18. The van der Waals surface area contributed by atoms with E-state index in [9.17, 15) is 61.0 Å².